The van der Waals surface area contributed by atoms with Crippen LogP contribution in [0, 0.1) is 5.92 Å². The summed E-state index contributed by atoms with van der Waals surface area (Å²) < 4.78 is 1.39. The molecule has 0 aliphatic rings. The molecule has 3 N–H and O–H groups in total. The van der Waals surface area contributed by atoms with Crippen molar-refractivity contribution in [1.29, 1.82) is 0 Å². The van der Waals surface area contributed by atoms with Crippen LogP contribution < -0.4 is 10.9 Å². The normalized spacial score (nSPS) is 11.7. The lowest BCUT2D eigenvalue weighted by molar-refractivity contribution is -0.125. The van der Waals surface area contributed by atoms with Crippen molar-refractivity contribution in [2.75, 3.05) is 0 Å². The monoisotopic (exact) mass is 302 g/mol. The van der Waals surface area contributed by atoms with Gasteiger partial charge in [-0.05, 0) is 18.6 Å². The number of rotatable bonds is 4. The van der Waals surface area contributed by atoms with E-state index in [1.165, 1.54) is 10.9 Å². The summed E-state index contributed by atoms with van der Waals surface area (Å²) in [7, 11) is 0. The Morgan fingerprint density at radius 2 is 1.95 bits per heavy atom. The van der Waals surface area contributed by atoms with Gasteiger partial charge in [0.2, 0.25) is 5.91 Å². The predicted octanol–water partition coefficient (Wildman–Crippen LogP) is 1.38. The van der Waals surface area contributed by atoms with Crippen LogP contribution in [-0.4, -0.2) is 26.7 Å². The van der Waals surface area contributed by atoms with Gasteiger partial charge in [0.05, 0.1) is 11.9 Å². The molecule has 0 spiro atoms. The van der Waals surface area contributed by atoms with E-state index in [0.717, 1.165) is 0 Å². The molecule has 1 aromatic carbocycles. The first-order valence-electron chi connectivity index (χ1n) is 6.97. The summed E-state index contributed by atoms with van der Waals surface area (Å²) in [4.78, 5) is 23.6. The number of hydrogen-bond donors (Lipinski definition) is 3. The maximum absolute atomic E-state index is 12.0. The van der Waals surface area contributed by atoms with Gasteiger partial charge < -0.3 is 5.11 Å². The largest absolute Gasteiger partial charge is 0.504 e. The van der Waals surface area contributed by atoms with E-state index < -0.39 is 5.91 Å². The first-order chi connectivity index (χ1) is 10.5. The average Bonchev–Trinajstić information content (AvgIpc) is 2.94. The zero-order chi connectivity index (χ0) is 16.1. The van der Waals surface area contributed by atoms with Crippen molar-refractivity contribution >= 4 is 11.8 Å². The molecule has 1 aromatic heterocycles. The molecule has 0 bridgehead atoms. The molecule has 1 heterocycles. The Kier molecular flexibility index (Phi) is 4.77. The number of aromatic nitrogens is 2. The molecule has 7 nitrogen and oxygen atoms in total. The van der Waals surface area contributed by atoms with Gasteiger partial charge in [0, 0.05) is 5.92 Å². The molecular formula is C15H18N4O3. The van der Waals surface area contributed by atoms with Gasteiger partial charge in [-0.15, -0.1) is 0 Å². The second-order valence-electron chi connectivity index (χ2n) is 4.90. The number of hydrazine groups is 1. The number of nitrogens with one attached hydrogen (secondary N) is 2. The first-order valence-corrected chi connectivity index (χ1v) is 6.97. The molecule has 1 atom stereocenters. The molecule has 2 aromatic rings. The number of carbonyl (C=O) groups is 2. The summed E-state index contributed by atoms with van der Waals surface area (Å²) in [6, 6.07) is 9.07. The molecule has 0 fully saturated rings. The van der Waals surface area contributed by atoms with Crippen LogP contribution in [0.3, 0.4) is 0 Å². The smallest absolute Gasteiger partial charge is 0.294 e. The van der Waals surface area contributed by atoms with Crippen molar-refractivity contribution in [1.82, 2.24) is 20.6 Å². The minimum absolute atomic E-state index is 0.159. The number of para-hydroxylation sites is 1. The van der Waals surface area contributed by atoms with Gasteiger partial charge in [-0.1, -0.05) is 32.0 Å². The highest BCUT2D eigenvalue weighted by Gasteiger charge is 2.18. The summed E-state index contributed by atoms with van der Waals surface area (Å²) >= 11 is 0. The highest BCUT2D eigenvalue weighted by Crippen LogP contribution is 2.17. The van der Waals surface area contributed by atoms with Crippen LogP contribution in [0.4, 0.5) is 0 Å². The molecule has 2 amide bonds. The number of nitrogens with zero attached hydrogens (tertiary/aromatic N) is 2. The van der Waals surface area contributed by atoms with Crippen molar-refractivity contribution in [2.24, 2.45) is 5.92 Å². The highest BCUT2D eigenvalue weighted by atomic mass is 16.3. The third kappa shape index (κ3) is 3.43. The SMILES string of the molecule is CCC(C)C(=O)NNC(=O)c1nn(-c2ccccc2)cc1O. The van der Waals surface area contributed by atoms with Gasteiger partial charge in [0.25, 0.3) is 5.91 Å². The Labute approximate surface area is 127 Å². The molecular weight excluding hydrogens is 284 g/mol. The van der Waals surface area contributed by atoms with E-state index in [1.54, 1.807) is 19.1 Å². The van der Waals surface area contributed by atoms with Crippen molar-refractivity contribution in [3.05, 3.63) is 42.2 Å². The third-order valence-corrected chi connectivity index (χ3v) is 3.29. The van der Waals surface area contributed by atoms with E-state index in [1.807, 2.05) is 25.1 Å². The van der Waals surface area contributed by atoms with Crippen LogP contribution >= 0.6 is 0 Å². The standard InChI is InChI=1S/C15H18N4O3/c1-3-10(2)14(21)16-17-15(22)13-12(20)9-19(18-13)11-7-5-4-6-8-11/h4-10,20H,3H2,1-2H3,(H,16,21)(H,17,22). The number of hydrogen-bond acceptors (Lipinski definition) is 4. The fourth-order valence-electron chi connectivity index (χ4n) is 1.73. The summed E-state index contributed by atoms with van der Waals surface area (Å²) in [6.07, 6.45) is 2.00. The summed E-state index contributed by atoms with van der Waals surface area (Å²) in [5.74, 6) is -1.45. The van der Waals surface area contributed by atoms with Crippen molar-refractivity contribution in [2.45, 2.75) is 20.3 Å². The quantitative estimate of drug-likeness (QED) is 0.743. The minimum atomic E-state index is -0.677. The zero-order valence-electron chi connectivity index (χ0n) is 12.4. The maximum atomic E-state index is 12.0. The molecule has 2 rings (SSSR count). The van der Waals surface area contributed by atoms with Crippen LogP contribution in [-0.2, 0) is 4.79 Å². The fourth-order valence-corrected chi connectivity index (χ4v) is 1.73. The molecule has 0 saturated heterocycles. The van der Waals surface area contributed by atoms with E-state index in [4.69, 9.17) is 0 Å². The Morgan fingerprint density at radius 3 is 2.59 bits per heavy atom. The molecule has 0 aliphatic heterocycles. The molecule has 22 heavy (non-hydrogen) atoms. The van der Waals surface area contributed by atoms with Gasteiger partial charge in [0.15, 0.2) is 11.4 Å². The first kappa shape index (κ1) is 15.6. The maximum Gasteiger partial charge on any atom is 0.294 e. The molecule has 0 radical (unpaired) electrons. The lowest BCUT2D eigenvalue weighted by Crippen LogP contribution is -2.44. The van der Waals surface area contributed by atoms with Gasteiger partial charge in [-0.25, -0.2) is 4.68 Å². The van der Waals surface area contributed by atoms with Gasteiger partial charge in [-0.3, -0.25) is 20.4 Å². The highest BCUT2D eigenvalue weighted by molar-refractivity contribution is 5.96. The lowest BCUT2D eigenvalue weighted by Gasteiger charge is -2.10. The molecule has 0 saturated carbocycles. The van der Waals surface area contributed by atoms with Crippen LogP contribution in [0.15, 0.2) is 36.5 Å². The Balaban J connectivity index is 2.08. The van der Waals surface area contributed by atoms with E-state index >= 15 is 0 Å². The third-order valence-electron chi connectivity index (χ3n) is 3.29. The topological polar surface area (TPSA) is 96.3 Å². The summed E-state index contributed by atoms with van der Waals surface area (Å²) in [6.45, 7) is 3.63. The van der Waals surface area contributed by atoms with E-state index in [0.29, 0.717) is 12.1 Å². The second-order valence-corrected chi connectivity index (χ2v) is 4.90. The Hall–Kier alpha value is -2.83. The van der Waals surface area contributed by atoms with Crippen LogP contribution in [0.2, 0.25) is 0 Å². The van der Waals surface area contributed by atoms with Crippen LogP contribution in [0.1, 0.15) is 30.8 Å². The molecule has 116 valence electrons. The Morgan fingerprint density at radius 1 is 1.27 bits per heavy atom. The summed E-state index contributed by atoms with van der Waals surface area (Å²) in [5.41, 5.74) is 5.10. The number of amides is 2. The average molecular weight is 302 g/mol. The second kappa shape index (κ2) is 6.75. The summed E-state index contributed by atoms with van der Waals surface area (Å²) in [5, 5.41) is 13.9. The van der Waals surface area contributed by atoms with Gasteiger partial charge >= 0.3 is 0 Å². The van der Waals surface area contributed by atoms with E-state index in [-0.39, 0.29) is 23.3 Å². The number of aromatic hydroxyl groups is 1. The van der Waals surface area contributed by atoms with Gasteiger partial charge in [0.1, 0.15) is 0 Å². The number of carbonyl (C=O) groups excluding carboxylic acids is 2. The van der Waals surface area contributed by atoms with Crippen LogP contribution in [0.25, 0.3) is 5.69 Å². The number of benzene rings is 1. The van der Waals surface area contributed by atoms with Gasteiger partial charge in [-0.2, -0.15) is 5.10 Å². The molecule has 1 unspecified atom stereocenters. The minimum Gasteiger partial charge on any atom is -0.504 e. The Bertz CT molecular complexity index is 667. The molecule has 7 heteroatoms. The van der Waals surface area contributed by atoms with Crippen molar-refractivity contribution in [3.8, 4) is 11.4 Å². The fraction of sp³-hybridized carbons (Fsp3) is 0.267. The molecule has 0 aliphatic carbocycles. The lowest BCUT2D eigenvalue weighted by atomic mass is 10.1. The van der Waals surface area contributed by atoms with E-state index in [9.17, 15) is 14.7 Å². The zero-order valence-corrected chi connectivity index (χ0v) is 12.4. The predicted molar refractivity (Wildman–Crippen MR) is 80.3 cm³/mol. The van der Waals surface area contributed by atoms with E-state index in [2.05, 4.69) is 16.0 Å². The van der Waals surface area contributed by atoms with Crippen molar-refractivity contribution in [3.63, 3.8) is 0 Å². The van der Waals surface area contributed by atoms with Crippen LogP contribution in [0.5, 0.6) is 5.75 Å². The van der Waals surface area contributed by atoms with Crippen molar-refractivity contribution < 1.29 is 14.7 Å².